The van der Waals surface area contributed by atoms with Gasteiger partial charge >= 0.3 is 0 Å². The van der Waals surface area contributed by atoms with Gasteiger partial charge < -0.3 is 5.32 Å². The number of anilines is 1. The van der Waals surface area contributed by atoms with E-state index in [-0.39, 0.29) is 12.1 Å². The van der Waals surface area contributed by atoms with Gasteiger partial charge in [0.15, 0.2) is 5.82 Å². The molecule has 0 unspecified atom stereocenters. The van der Waals surface area contributed by atoms with Gasteiger partial charge in [0.1, 0.15) is 11.6 Å². The number of hydrogen-bond acceptors (Lipinski definition) is 4. The first-order valence-corrected chi connectivity index (χ1v) is 10.3. The van der Waals surface area contributed by atoms with E-state index >= 15 is 0 Å². The second-order valence-electron chi connectivity index (χ2n) is 7.59. The lowest BCUT2D eigenvalue weighted by molar-refractivity contribution is 0.560. The number of pyridine rings is 1. The Morgan fingerprint density at radius 3 is 2.55 bits per heavy atom. The molecular formula is C25H20F2N4. The number of fused-ring (bicyclic) bond motifs is 3. The second kappa shape index (κ2) is 8.22. The molecule has 1 N–H and O–H groups in total. The fourth-order valence-electron chi connectivity index (χ4n) is 3.96. The van der Waals surface area contributed by atoms with Gasteiger partial charge in [0.25, 0.3) is 0 Å². The monoisotopic (exact) mass is 414 g/mol. The highest BCUT2D eigenvalue weighted by atomic mass is 19.1. The van der Waals surface area contributed by atoms with E-state index in [2.05, 4.69) is 21.4 Å². The molecule has 0 amide bonds. The van der Waals surface area contributed by atoms with Crippen molar-refractivity contribution in [2.24, 2.45) is 0 Å². The fourth-order valence-corrected chi connectivity index (χ4v) is 3.96. The van der Waals surface area contributed by atoms with Crippen molar-refractivity contribution in [2.75, 3.05) is 5.32 Å². The van der Waals surface area contributed by atoms with E-state index in [4.69, 9.17) is 4.98 Å². The smallest absolute Gasteiger partial charge is 0.161 e. The molecule has 0 atom stereocenters. The van der Waals surface area contributed by atoms with Crippen LogP contribution < -0.4 is 5.32 Å². The number of benzene rings is 2. The predicted octanol–water partition coefficient (Wildman–Crippen LogP) is 5.58. The van der Waals surface area contributed by atoms with Crippen LogP contribution in [0.4, 0.5) is 14.5 Å². The van der Waals surface area contributed by atoms with Crippen molar-refractivity contribution in [3.63, 3.8) is 0 Å². The molecular weight excluding hydrogens is 394 g/mol. The molecule has 2 aromatic heterocycles. The predicted molar refractivity (Wildman–Crippen MR) is 116 cm³/mol. The molecule has 0 saturated heterocycles. The third-order valence-corrected chi connectivity index (χ3v) is 5.57. The lowest BCUT2D eigenvalue weighted by Gasteiger charge is -2.13. The van der Waals surface area contributed by atoms with Crippen molar-refractivity contribution >= 4 is 5.69 Å². The van der Waals surface area contributed by atoms with Crippen LogP contribution in [0.1, 0.15) is 23.1 Å². The first kappa shape index (κ1) is 19.3. The van der Waals surface area contributed by atoms with E-state index in [9.17, 15) is 8.78 Å². The number of halogens is 2. The minimum Gasteiger partial charge on any atom is -0.381 e. The number of rotatable bonds is 4. The Labute approximate surface area is 179 Å². The first-order chi connectivity index (χ1) is 15.2. The Balaban J connectivity index is 1.46. The van der Waals surface area contributed by atoms with Gasteiger partial charge in [-0.2, -0.15) is 0 Å². The highest BCUT2D eigenvalue weighted by Crippen LogP contribution is 2.33. The zero-order chi connectivity index (χ0) is 21.2. The minimum absolute atomic E-state index is 0.0386. The summed E-state index contributed by atoms with van der Waals surface area (Å²) in [5, 5.41) is 3.15. The lowest BCUT2D eigenvalue weighted by atomic mass is 10.0. The van der Waals surface area contributed by atoms with Crippen molar-refractivity contribution in [1.82, 2.24) is 15.0 Å². The van der Waals surface area contributed by atoms with E-state index in [0.29, 0.717) is 5.82 Å². The summed E-state index contributed by atoms with van der Waals surface area (Å²) in [4.78, 5) is 13.6. The van der Waals surface area contributed by atoms with E-state index in [1.165, 1.54) is 18.2 Å². The molecule has 0 bridgehead atoms. The van der Waals surface area contributed by atoms with Gasteiger partial charge in [0, 0.05) is 47.5 Å². The van der Waals surface area contributed by atoms with Gasteiger partial charge in [-0.25, -0.2) is 18.7 Å². The van der Waals surface area contributed by atoms with Crippen molar-refractivity contribution in [1.29, 1.82) is 0 Å². The van der Waals surface area contributed by atoms with Crippen LogP contribution in [0, 0.1) is 11.6 Å². The van der Waals surface area contributed by atoms with Gasteiger partial charge in [0.2, 0.25) is 0 Å². The number of nitrogens with zero attached hydrogens (tertiary/aromatic N) is 3. The van der Waals surface area contributed by atoms with E-state index in [1.807, 2.05) is 30.5 Å². The van der Waals surface area contributed by atoms with Gasteiger partial charge in [-0.15, -0.1) is 0 Å². The summed E-state index contributed by atoms with van der Waals surface area (Å²) in [5.41, 5.74) is 6.04. The number of aromatic nitrogens is 3. The molecule has 5 rings (SSSR count). The maximum Gasteiger partial charge on any atom is 0.161 e. The SMILES string of the molecule is Fc1cccc(F)c1CNc1ccc2c(c1)CCCc1cnc(-c3cccnc3)nc1-2. The van der Waals surface area contributed by atoms with E-state index in [1.54, 1.807) is 12.4 Å². The minimum atomic E-state index is -0.546. The summed E-state index contributed by atoms with van der Waals surface area (Å²) in [5.74, 6) is -0.441. The van der Waals surface area contributed by atoms with E-state index in [0.717, 1.165) is 52.9 Å². The molecule has 0 fully saturated rings. The summed E-state index contributed by atoms with van der Waals surface area (Å²) in [6.45, 7) is 0.0845. The van der Waals surface area contributed by atoms with Gasteiger partial charge in [0.05, 0.1) is 5.69 Å². The molecule has 4 aromatic rings. The molecule has 4 nitrogen and oxygen atoms in total. The quantitative estimate of drug-likeness (QED) is 0.473. The molecule has 0 radical (unpaired) electrons. The van der Waals surface area contributed by atoms with Crippen LogP contribution in [0.25, 0.3) is 22.6 Å². The molecule has 6 heteroatoms. The zero-order valence-electron chi connectivity index (χ0n) is 16.8. The third kappa shape index (κ3) is 3.89. The van der Waals surface area contributed by atoms with Crippen molar-refractivity contribution < 1.29 is 8.78 Å². The summed E-state index contributed by atoms with van der Waals surface area (Å²) < 4.78 is 27.8. The number of aryl methyl sites for hydroxylation is 2. The van der Waals surface area contributed by atoms with Crippen LogP contribution >= 0.6 is 0 Å². The molecule has 1 aliphatic carbocycles. The fraction of sp³-hybridized carbons (Fsp3) is 0.160. The maximum atomic E-state index is 13.9. The molecule has 31 heavy (non-hydrogen) atoms. The Morgan fingerprint density at radius 1 is 0.903 bits per heavy atom. The van der Waals surface area contributed by atoms with E-state index < -0.39 is 11.6 Å². The summed E-state index contributed by atoms with van der Waals surface area (Å²) >= 11 is 0. The Morgan fingerprint density at radius 2 is 1.74 bits per heavy atom. The molecule has 1 aliphatic rings. The average Bonchev–Trinajstić information content (AvgIpc) is 2.98. The first-order valence-electron chi connectivity index (χ1n) is 10.3. The average molecular weight is 414 g/mol. The summed E-state index contributed by atoms with van der Waals surface area (Å²) in [6.07, 6.45) is 8.18. The Bertz CT molecular complexity index is 1220. The molecule has 2 aromatic carbocycles. The van der Waals surface area contributed by atoms with Gasteiger partial charge in [-0.3, -0.25) is 4.98 Å². The molecule has 0 aliphatic heterocycles. The lowest BCUT2D eigenvalue weighted by Crippen LogP contribution is -2.05. The molecule has 154 valence electrons. The van der Waals surface area contributed by atoms with Crippen LogP contribution in [-0.2, 0) is 19.4 Å². The molecule has 2 heterocycles. The largest absolute Gasteiger partial charge is 0.381 e. The number of hydrogen-bond donors (Lipinski definition) is 1. The number of nitrogens with one attached hydrogen (secondary N) is 1. The standard InChI is InChI=1S/C25H20F2N4/c26-22-7-2-8-23(27)21(22)15-29-19-9-10-20-16(12-19)4-1-5-17-14-30-25(31-24(17)20)18-6-3-11-28-13-18/h2-3,6-14,29H,1,4-5,15H2. The van der Waals surface area contributed by atoms with Crippen LogP contribution in [0.5, 0.6) is 0 Å². The summed E-state index contributed by atoms with van der Waals surface area (Å²) in [7, 11) is 0. The van der Waals surface area contributed by atoms with Gasteiger partial charge in [-0.1, -0.05) is 12.1 Å². The van der Waals surface area contributed by atoms with Crippen LogP contribution in [-0.4, -0.2) is 15.0 Å². The Hall–Kier alpha value is -3.67. The van der Waals surface area contributed by atoms with Crippen molar-refractivity contribution in [3.05, 3.63) is 95.4 Å². The molecule has 0 saturated carbocycles. The highest BCUT2D eigenvalue weighted by molar-refractivity contribution is 5.72. The van der Waals surface area contributed by atoms with Crippen LogP contribution in [0.3, 0.4) is 0 Å². The highest BCUT2D eigenvalue weighted by Gasteiger charge is 2.18. The van der Waals surface area contributed by atoms with Crippen molar-refractivity contribution in [3.8, 4) is 22.6 Å². The normalized spacial score (nSPS) is 12.6. The maximum absolute atomic E-state index is 13.9. The Kier molecular flexibility index (Phi) is 5.12. The zero-order valence-corrected chi connectivity index (χ0v) is 16.8. The topological polar surface area (TPSA) is 50.7 Å². The summed E-state index contributed by atoms with van der Waals surface area (Å²) in [6, 6.07) is 13.7. The third-order valence-electron chi connectivity index (χ3n) is 5.57. The molecule has 0 spiro atoms. The van der Waals surface area contributed by atoms with Crippen LogP contribution in [0.2, 0.25) is 0 Å². The van der Waals surface area contributed by atoms with Crippen molar-refractivity contribution in [2.45, 2.75) is 25.8 Å². The van der Waals surface area contributed by atoms with Crippen LogP contribution in [0.15, 0.2) is 67.1 Å². The van der Waals surface area contributed by atoms with Gasteiger partial charge in [-0.05, 0) is 66.8 Å². The second-order valence-corrected chi connectivity index (χ2v) is 7.59.